The number of aromatic amines is 1. The third kappa shape index (κ3) is 3.43. The van der Waals surface area contributed by atoms with E-state index in [4.69, 9.17) is 0 Å². The monoisotopic (exact) mass is 355 g/mol. The molecule has 4 nitrogen and oxygen atoms in total. The lowest BCUT2D eigenvalue weighted by molar-refractivity contribution is -0.116. The smallest absolute Gasteiger partial charge is 0.244 e. The average Bonchev–Trinajstić information content (AvgIpc) is 3.01. The molecule has 22 heavy (non-hydrogen) atoms. The number of hydrogen-bond donors (Lipinski definition) is 2. The number of nitrogens with one attached hydrogen (secondary N) is 2. The lowest BCUT2D eigenvalue weighted by atomic mass is 10.1. The van der Waals surface area contributed by atoms with Crippen LogP contribution in [0, 0.1) is 0 Å². The standard InChI is InChI=1S/C17H14BrN3O/c18-15-7-4-12(5-8-15)6-9-16(22)19-10-13-2-1-3-14-11-20-21-17(13)14/h1-9,11H,10H2,(H,19,22)(H,20,21)/b9-6+. The Morgan fingerprint density at radius 2 is 2.05 bits per heavy atom. The summed E-state index contributed by atoms with van der Waals surface area (Å²) in [5.41, 5.74) is 2.95. The van der Waals surface area contributed by atoms with Crippen LogP contribution in [-0.2, 0) is 11.3 Å². The molecular weight excluding hydrogens is 342 g/mol. The zero-order chi connectivity index (χ0) is 15.4. The minimum atomic E-state index is -0.126. The van der Waals surface area contributed by atoms with E-state index in [9.17, 15) is 4.79 Å². The highest BCUT2D eigenvalue weighted by atomic mass is 79.9. The number of amides is 1. The number of carbonyl (C=O) groups is 1. The minimum Gasteiger partial charge on any atom is -0.348 e. The zero-order valence-electron chi connectivity index (χ0n) is 11.7. The van der Waals surface area contributed by atoms with Gasteiger partial charge in [-0.2, -0.15) is 5.10 Å². The number of para-hydroxylation sites is 1. The van der Waals surface area contributed by atoms with Crippen molar-refractivity contribution in [2.24, 2.45) is 0 Å². The molecule has 2 aromatic carbocycles. The van der Waals surface area contributed by atoms with E-state index in [1.165, 1.54) is 6.08 Å². The first-order chi connectivity index (χ1) is 10.7. The van der Waals surface area contributed by atoms with Crippen molar-refractivity contribution in [3.8, 4) is 0 Å². The maximum absolute atomic E-state index is 11.9. The second-order valence-electron chi connectivity index (χ2n) is 4.85. The Morgan fingerprint density at radius 1 is 1.23 bits per heavy atom. The summed E-state index contributed by atoms with van der Waals surface area (Å²) >= 11 is 3.38. The van der Waals surface area contributed by atoms with Crippen molar-refractivity contribution in [1.82, 2.24) is 15.5 Å². The SMILES string of the molecule is O=C(/C=C/c1ccc(Br)cc1)NCc1cccc2cn[nH]c12. The Bertz CT molecular complexity index is 821. The molecule has 0 atom stereocenters. The first-order valence-corrected chi connectivity index (χ1v) is 7.64. The van der Waals surface area contributed by atoms with Crippen LogP contribution in [0.25, 0.3) is 17.0 Å². The van der Waals surface area contributed by atoms with Crippen molar-refractivity contribution < 1.29 is 4.79 Å². The van der Waals surface area contributed by atoms with E-state index in [0.29, 0.717) is 6.54 Å². The number of carbonyl (C=O) groups excluding carboxylic acids is 1. The van der Waals surface area contributed by atoms with Gasteiger partial charge in [0.25, 0.3) is 0 Å². The second-order valence-corrected chi connectivity index (χ2v) is 5.77. The molecule has 0 aliphatic rings. The number of hydrogen-bond acceptors (Lipinski definition) is 2. The van der Waals surface area contributed by atoms with E-state index in [-0.39, 0.29) is 5.91 Å². The van der Waals surface area contributed by atoms with Crippen molar-refractivity contribution in [2.45, 2.75) is 6.54 Å². The summed E-state index contributed by atoms with van der Waals surface area (Å²) < 4.78 is 1.02. The third-order valence-corrected chi connectivity index (χ3v) is 3.84. The van der Waals surface area contributed by atoms with Crippen molar-refractivity contribution >= 4 is 38.8 Å². The van der Waals surface area contributed by atoms with Gasteiger partial charge in [-0.1, -0.05) is 46.3 Å². The Kier molecular flexibility index (Phi) is 4.34. The zero-order valence-corrected chi connectivity index (χ0v) is 13.3. The van der Waals surface area contributed by atoms with E-state index < -0.39 is 0 Å². The molecule has 1 amide bonds. The van der Waals surface area contributed by atoms with Gasteiger partial charge in [-0.15, -0.1) is 0 Å². The maximum Gasteiger partial charge on any atom is 0.244 e. The van der Waals surface area contributed by atoms with Crippen LogP contribution in [0.1, 0.15) is 11.1 Å². The van der Waals surface area contributed by atoms with Gasteiger partial charge in [-0.3, -0.25) is 9.89 Å². The summed E-state index contributed by atoms with van der Waals surface area (Å²) in [5.74, 6) is -0.126. The van der Waals surface area contributed by atoms with Gasteiger partial charge in [-0.05, 0) is 29.3 Å². The summed E-state index contributed by atoms with van der Waals surface area (Å²) in [6.07, 6.45) is 5.10. The van der Waals surface area contributed by atoms with Crippen molar-refractivity contribution in [3.63, 3.8) is 0 Å². The van der Waals surface area contributed by atoms with Gasteiger partial charge >= 0.3 is 0 Å². The van der Waals surface area contributed by atoms with Crippen molar-refractivity contribution in [1.29, 1.82) is 0 Å². The van der Waals surface area contributed by atoms with E-state index in [2.05, 4.69) is 31.4 Å². The highest BCUT2D eigenvalue weighted by Crippen LogP contribution is 2.15. The topological polar surface area (TPSA) is 57.8 Å². The predicted molar refractivity (Wildman–Crippen MR) is 91.1 cm³/mol. The van der Waals surface area contributed by atoms with Crippen LogP contribution < -0.4 is 5.32 Å². The Balaban J connectivity index is 1.62. The predicted octanol–water partition coefficient (Wildman–Crippen LogP) is 3.66. The highest BCUT2D eigenvalue weighted by molar-refractivity contribution is 9.10. The fourth-order valence-corrected chi connectivity index (χ4v) is 2.43. The lowest BCUT2D eigenvalue weighted by Crippen LogP contribution is -2.20. The van der Waals surface area contributed by atoms with Crippen LogP contribution in [0.2, 0.25) is 0 Å². The lowest BCUT2D eigenvalue weighted by Gasteiger charge is -2.04. The Labute approximate surface area is 136 Å². The number of benzene rings is 2. The number of H-pyrrole nitrogens is 1. The summed E-state index contributed by atoms with van der Waals surface area (Å²) in [6, 6.07) is 13.7. The van der Waals surface area contributed by atoms with E-state index in [1.54, 1.807) is 12.3 Å². The molecule has 0 unspecified atom stereocenters. The molecule has 0 spiro atoms. The summed E-state index contributed by atoms with van der Waals surface area (Å²) in [7, 11) is 0. The number of aromatic nitrogens is 2. The third-order valence-electron chi connectivity index (χ3n) is 3.31. The molecule has 0 bridgehead atoms. The molecule has 0 fully saturated rings. The van der Waals surface area contributed by atoms with Crippen molar-refractivity contribution in [3.05, 3.63) is 70.3 Å². The fraction of sp³-hybridized carbons (Fsp3) is 0.0588. The molecule has 0 saturated carbocycles. The van der Waals surface area contributed by atoms with Gasteiger partial charge in [0.1, 0.15) is 0 Å². The van der Waals surface area contributed by atoms with E-state index in [1.807, 2.05) is 42.5 Å². The van der Waals surface area contributed by atoms with E-state index in [0.717, 1.165) is 26.5 Å². The number of nitrogens with zero attached hydrogens (tertiary/aromatic N) is 1. The van der Waals surface area contributed by atoms with Crippen LogP contribution >= 0.6 is 15.9 Å². The maximum atomic E-state index is 11.9. The molecule has 3 rings (SSSR count). The van der Waals surface area contributed by atoms with Crippen LogP contribution in [0.5, 0.6) is 0 Å². The summed E-state index contributed by atoms with van der Waals surface area (Å²) in [4.78, 5) is 11.9. The van der Waals surface area contributed by atoms with Crippen LogP contribution in [0.3, 0.4) is 0 Å². The fourth-order valence-electron chi connectivity index (χ4n) is 2.16. The number of rotatable bonds is 4. The quantitative estimate of drug-likeness (QED) is 0.701. The molecular formula is C17H14BrN3O. The van der Waals surface area contributed by atoms with Gasteiger partial charge < -0.3 is 5.32 Å². The van der Waals surface area contributed by atoms with Crippen LogP contribution in [0.4, 0.5) is 0 Å². The molecule has 0 saturated heterocycles. The number of fused-ring (bicyclic) bond motifs is 1. The second kappa shape index (κ2) is 6.58. The summed E-state index contributed by atoms with van der Waals surface area (Å²) in [6.45, 7) is 0.461. The molecule has 3 aromatic rings. The Morgan fingerprint density at radius 3 is 2.86 bits per heavy atom. The molecule has 5 heteroatoms. The minimum absolute atomic E-state index is 0.126. The molecule has 1 heterocycles. The first-order valence-electron chi connectivity index (χ1n) is 6.85. The molecule has 2 N–H and O–H groups in total. The van der Waals surface area contributed by atoms with Gasteiger partial charge in [-0.25, -0.2) is 0 Å². The molecule has 0 aliphatic carbocycles. The largest absolute Gasteiger partial charge is 0.348 e. The Hall–Kier alpha value is -2.40. The number of halogens is 1. The van der Waals surface area contributed by atoms with Crippen LogP contribution in [-0.4, -0.2) is 16.1 Å². The first kappa shape index (κ1) is 14.5. The van der Waals surface area contributed by atoms with Gasteiger partial charge in [0, 0.05) is 22.5 Å². The normalized spacial score (nSPS) is 11.1. The average molecular weight is 356 g/mol. The molecule has 1 aromatic heterocycles. The molecule has 0 radical (unpaired) electrons. The van der Waals surface area contributed by atoms with Crippen LogP contribution in [0.15, 0.2) is 59.2 Å². The molecule has 0 aliphatic heterocycles. The highest BCUT2D eigenvalue weighted by Gasteiger charge is 2.03. The summed E-state index contributed by atoms with van der Waals surface area (Å²) in [5, 5.41) is 10.9. The van der Waals surface area contributed by atoms with E-state index >= 15 is 0 Å². The van der Waals surface area contributed by atoms with Crippen molar-refractivity contribution in [2.75, 3.05) is 0 Å². The van der Waals surface area contributed by atoms with Gasteiger partial charge in [0.2, 0.25) is 5.91 Å². The van der Waals surface area contributed by atoms with Gasteiger partial charge in [0.15, 0.2) is 0 Å². The van der Waals surface area contributed by atoms with Gasteiger partial charge in [0.05, 0.1) is 11.7 Å². The molecule has 110 valence electrons.